The molecule has 4 heterocycles. The molecule has 1 saturated carbocycles. The molecule has 0 radical (unpaired) electrons. The third-order valence-electron chi connectivity index (χ3n) is 5.83. The van der Waals surface area contributed by atoms with Gasteiger partial charge in [-0.2, -0.15) is 0 Å². The number of imidazole rings is 2. The highest BCUT2D eigenvalue weighted by molar-refractivity contribution is 7.11. The number of benzene rings is 2. The number of rotatable bonds is 3. The molecule has 2 aromatic carbocycles. The van der Waals surface area contributed by atoms with Gasteiger partial charge in [-0.25, -0.2) is 18.8 Å². The molecule has 4 aromatic heterocycles. The first-order chi connectivity index (χ1) is 17.0. The standard InChI is InChI=1S/C13H13N3OS.C12H13N3OS/c1-2-6-9(5-1)17-12-15-18-13-14-10-7-3-4-8-11(10)16(12)13;1-12(2,3)16-10-14-17-11-13-8-6-4-5-7-9(8)15(10)11/h3-4,7-9H,1-2,5-6H2;4-7H,1-3H3. The molecular formula is C25H26N6O2S2. The molecule has 8 nitrogen and oxygen atoms in total. The van der Waals surface area contributed by atoms with Crippen LogP contribution in [0.2, 0.25) is 0 Å². The first-order valence-corrected chi connectivity index (χ1v) is 13.3. The predicted molar refractivity (Wildman–Crippen MR) is 140 cm³/mol. The van der Waals surface area contributed by atoms with Gasteiger partial charge in [-0.3, -0.25) is 0 Å². The molecule has 1 aliphatic rings. The lowest BCUT2D eigenvalue weighted by Crippen LogP contribution is -2.24. The van der Waals surface area contributed by atoms with Crippen LogP contribution in [0.25, 0.3) is 32.0 Å². The zero-order valence-electron chi connectivity index (χ0n) is 19.8. The van der Waals surface area contributed by atoms with Gasteiger partial charge in [-0.1, -0.05) is 24.3 Å². The summed E-state index contributed by atoms with van der Waals surface area (Å²) in [5.41, 5.74) is 3.83. The van der Waals surface area contributed by atoms with Crippen LogP contribution in [0.4, 0.5) is 0 Å². The molecule has 0 saturated heterocycles. The lowest BCUT2D eigenvalue weighted by Gasteiger charge is -2.18. The molecule has 180 valence electrons. The molecule has 0 amide bonds. The van der Waals surface area contributed by atoms with Crippen molar-refractivity contribution in [3.05, 3.63) is 48.5 Å². The summed E-state index contributed by atoms with van der Waals surface area (Å²) in [6.45, 7) is 6.03. The molecule has 1 fully saturated rings. The topological polar surface area (TPSA) is 78.8 Å². The molecule has 0 unspecified atom stereocenters. The number of nitrogens with zero attached hydrogens (tertiary/aromatic N) is 6. The monoisotopic (exact) mass is 506 g/mol. The summed E-state index contributed by atoms with van der Waals surface area (Å²) in [5.74, 6) is 0. The van der Waals surface area contributed by atoms with Gasteiger partial charge < -0.3 is 9.47 Å². The Labute approximate surface area is 210 Å². The van der Waals surface area contributed by atoms with Crippen LogP contribution in [0, 0.1) is 0 Å². The average molecular weight is 507 g/mol. The van der Waals surface area contributed by atoms with E-state index in [4.69, 9.17) is 9.47 Å². The van der Waals surface area contributed by atoms with Crippen molar-refractivity contribution in [2.75, 3.05) is 0 Å². The molecule has 0 atom stereocenters. The molecule has 6 aromatic rings. The van der Waals surface area contributed by atoms with E-state index >= 15 is 0 Å². The number of fused-ring (bicyclic) bond motifs is 6. The molecule has 0 spiro atoms. The molecule has 0 N–H and O–H groups in total. The molecule has 35 heavy (non-hydrogen) atoms. The lowest BCUT2D eigenvalue weighted by molar-refractivity contribution is 0.117. The fourth-order valence-corrected chi connectivity index (χ4v) is 5.67. The second-order valence-corrected chi connectivity index (χ2v) is 11.1. The first-order valence-electron chi connectivity index (χ1n) is 11.8. The zero-order chi connectivity index (χ0) is 24.0. The van der Waals surface area contributed by atoms with Crippen molar-refractivity contribution < 1.29 is 9.47 Å². The normalized spacial score (nSPS) is 14.7. The van der Waals surface area contributed by atoms with E-state index in [0.29, 0.717) is 18.1 Å². The third kappa shape index (κ3) is 4.32. The zero-order valence-corrected chi connectivity index (χ0v) is 21.5. The van der Waals surface area contributed by atoms with Crippen LogP contribution in [0.15, 0.2) is 48.5 Å². The number of hydrogen-bond donors (Lipinski definition) is 0. The summed E-state index contributed by atoms with van der Waals surface area (Å²) in [6, 6.07) is 17.4. The maximum absolute atomic E-state index is 6.02. The van der Waals surface area contributed by atoms with Crippen LogP contribution in [0.5, 0.6) is 12.0 Å². The van der Waals surface area contributed by atoms with Crippen LogP contribution in [0.3, 0.4) is 0 Å². The highest BCUT2D eigenvalue weighted by Crippen LogP contribution is 2.29. The first kappa shape index (κ1) is 22.2. The van der Waals surface area contributed by atoms with Gasteiger partial charge in [0.15, 0.2) is 0 Å². The minimum atomic E-state index is -0.258. The number of ether oxygens (including phenoxy) is 2. The van der Waals surface area contributed by atoms with Gasteiger partial charge in [0.1, 0.15) is 11.7 Å². The van der Waals surface area contributed by atoms with E-state index in [2.05, 4.69) is 24.8 Å². The van der Waals surface area contributed by atoms with Crippen molar-refractivity contribution in [3.63, 3.8) is 0 Å². The summed E-state index contributed by atoms with van der Waals surface area (Å²) in [7, 11) is 0. The largest absolute Gasteiger partial charge is 0.460 e. The van der Waals surface area contributed by atoms with E-state index in [-0.39, 0.29) is 5.60 Å². The van der Waals surface area contributed by atoms with Crippen molar-refractivity contribution in [2.45, 2.75) is 58.2 Å². The Kier molecular flexibility index (Phi) is 5.57. The predicted octanol–water partition coefficient (Wildman–Crippen LogP) is 6.39. The van der Waals surface area contributed by atoms with Crippen LogP contribution in [0.1, 0.15) is 46.5 Å². The van der Waals surface area contributed by atoms with Crippen LogP contribution in [-0.4, -0.2) is 39.2 Å². The van der Waals surface area contributed by atoms with Crippen molar-refractivity contribution in [2.24, 2.45) is 0 Å². The third-order valence-corrected chi connectivity index (χ3v) is 7.19. The summed E-state index contributed by atoms with van der Waals surface area (Å²) in [4.78, 5) is 10.8. The molecule has 10 heteroatoms. The Hall–Kier alpha value is -3.24. The molecule has 1 aliphatic carbocycles. The number of para-hydroxylation sites is 4. The highest BCUT2D eigenvalue weighted by atomic mass is 32.1. The smallest absolute Gasteiger partial charge is 0.315 e. The minimum absolute atomic E-state index is 0.258. The Morgan fingerprint density at radius 2 is 1.29 bits per heavy atom. The minimum Gasteiger partial charge on any atom is -0.460 e. The lowest BCUT2D eigenvalue weighted by atomic mass is 10.2. The Balaban J connectivity index is 0.000000131. The summed E-state index contributed by atoms with van der Waals surface area (Å²) in [5, 5.41) is 0. The fourth-order valence-electron chi connectivity index (χ4n) is 4.31. The Morgan fingerprint density at radius 3 is 1.86 bits per heavy atom. The van der Waals surface area contributed by atoms with E-state index in [0.717, 1.165) is 44.8 Å². The van der Waals surface area contributed by atoms with E-state index in [9.17, 15) is 0 Å². The quantitative estimate of drug-likeness (QED) is 0.277. The summed E-state index contributed by atoms with van der Waals surface area (Å²) in [6.07, 6.45) is 5.15. The van der Waals surface area contributed by atoms with Crippen LogP contribution >= 0.6 is 23.1 Å². The highest BCUT2D eigenvalue weighted by Gasteiger charge is 2.21. The number of aromatic nitrogens is 6. The van der Waals surface area contributed by atoms with E-state index in [1.165, 1.54) is 35.9 Å². The van der Waals surface area contributed by atoms with Gasteiger partial charge in [0.05, 0.1) is 22.1 Å². The molecule has 7 rings (SSSR count). The molecular weight excluding hydrogens is 480 g/mol. The maximum Gasteiger partial charge on any atom is 0.315 e. The summed E-state index contributed by atoms with van der Waals surface area (Å²) < 4.78 is 24.6. The van der Waals surface area contributed by atoms with Crippen molar-refractivity contribution >= 4 is 55.1 Å². The Morgan fingerprint density at radius 1 is 0.771 bits per heavy atom. The van der Waals surface area contributed by atoms with Crippen LogP contribution in [-0.2, 0) is 0 Å². The van der Waals surface area contributed by atoms with Crippen molar-refractivity contribution in [1.82, 2.24) is 27.5 Å². The molecule has 0 bridgehead atoms. The second kappa shape index (κ2) is 8.76. The summed E-state index contributed by atoms with van der Waals surface area (Å²) >= 11 is 2.76. The van der Waals surface area contributed by atoms with E-state index < -0.39 is 0 Å². The van der Waals surface area contributed by atoms with Crippen LogP contribution < -0.4 is 9.47 Å². The van der Waals surface area contributed by atoms with Gasteiger partial charge in [-0.15, -0.1) is 8.75 Å². The van der Waals surface area contributed by atoms with Gasteiger partial charge in [0.2, 0.25) is 9.92 Å². The number of hydrogen-bond acceptors (Lipinski definition) is 8. The SMILES string of the molecule is CC(C)(C)Oc1nsc2nc3ccccc3n12.c1ccc2c(c1)nc1snc(OC3CCCC3)n12. The van der Waals surface area contributed by atoms with E-state index in [1.54, 1.807) is 0 Å². The van der Waals surface area contributed by atoms with Gasteiger partial charge in [-0.05, 0) is 70.7 Å². The maximum atomic E-state index is 6.02. The van der Waals surface area contributed by atoms with E-state index in [1.807, 2.05) is 72.0 Å². The Bertz CT molecular complexity index is 1620. The van der Waals surface area contributed by atoms with Crippen molar-refractivity contribution in [3.8, 4) is 12.0 Å². The molecule has 0 aliphatic heterocycles. The second-order valence-electron chi connectivity index (χ2n) is 9.61. The fraction of sp³-hybridized carbons (Fsp3) is 0.360. The van der Waals surface area contributed by atoms with Gasteiger partial charge in [0.25, 0.3) is 0 Å². The van der Waals surface area contributed by atoms with Crippen molar-refractivity contribution in [1.29, 1.82) is 0 Å². The van der Waals surface area contributed by atoms with Gasteiger partial charge in [0, 0.05) is 23.1 Å². The average Bonchev–Trinajstić information content (AvgIpc) is 3.63. The van der Waals surface area contributed by atoms with Gasteiger partial charge >= 0.3 is 12.0 Å².